The summed E-state index contributed by atoms with van der Waals surface area (Å²) in [6.45, 7) is 7.90. The maximum atomic E-state index is 10.3. The van der Waals surface area contributed by atoms with Crippen LogP contribution in [-0.4, -0.2) is 60.3 Å². The number of benzene rings is 2. The number of aliphatic hydroxyl groups excluding tert-OH is 1. The van der Waals surface area contributed by atoms with Gasteiger partial charge in [-0.3, -0.25) is 9.80 Å². The molecule has 1 fully saturated rings. The second-order valence-corrected chi connectivity index (χ2v) is 7.37. The lowest BCUT2D eigenvalue weighted by Crippen LogP contribution is -2.48. The summed E-state index contributed by atoms with van der Waals surface area (Å²) in [6.07, 6.45) is -0.495. The largest absolute Gasteiger partial charge is 0.491 e. The Morgan fingerprint density at radius 1 is 1.04 bits per heavy atom. The van der Waals surface area contributed by atoms with Gasteiger partial charge in [0.25, 0.3) is 0 Å². The number of β-amino-alcohol motifs (C(OH)–C–C–N with tert-alkyl or cyclic N) is 1. The number of ether oxygens (including phenoxy) is 1. The molecule has 0 amide bonds. The summed E-state index contributed by atoms with van der Waals surface area (Å²) >= 11 is 5.96. The van der Waals surface area contributed by atoms with E-state index in [-0.39, 0.29) is 0 Å². The molecule has 0 spiro atoms. The third kappa shape index (κ3) is 5.71. The van der Waals surface area contributed by atoms with Gasteiger partial charge in [0.15, 0.2) is 0 Å². The van der Waals surface area contributed by atoms with Crippen LogP contribution < -0.4 is 4.74 Å². The molecule has 2 aromatic rings. The monoisotopic (exact) mass is 374 g/mol. The van der Waals surface area contributed by atoms with Gasteiger partial charge in [0.2, 0.25) is 0 Å². The van der Waals surface area contributed by atoms with E-state index in [1.807, 2.05) is 25.1 Å². The number of rotatable bonds is 7. The summed E-state index contributed by atoms with van der Waals surface area (Å²) in [7, 11) is 0. The lowest BCUT2D eigenvalue weighted by atomic mass is 10.2. The molecule has 5 heteroatoms. The van der Waals surface area contributed by atoms with Crippen molar-refractivity contribution in [2.45, 2.75) is 19.6 Å². The van der Waals surface area contributed by atoms with Crippen LogP contribution in [0.1, 0.15) is 11.1 Å². The summed E-state index contributed by atoms with van der Waals surface area (Å²) in [5, 5.41) is 11.0. The average Bonchev–Trinajstić information content (AvgIpc) is 2.63. The highest BCUT2D eigenvalue weighted by Crippen LogP contribution is 2.22. The molecule has 1 N–H and O–H groups in total. The molecule has 0 unspecified atom stereocenters. The lowest BCUT2D eigenvalue weighted by Gasteiger charge is -2.35. The molecule has 1 atom stereocenters. The van der Waals surface area contributed by atoms with E-state index in [0.29, 0.717) is 18.2 Å². The van der Waals surface area contributed by atoms with Crippen LogP contribution in [0.3, 0.4) is 0 Å². The van der Waals surface area contributed by atoms with Gasteiger partial charge >= 0.3 is 0 Å². The fraction of sp³-hybridized carbons (Fsp3) is 0.429. The van der Waals surface area contributed by atoms with E-state index in [9.17, 15) is 5.11 Å². The van der Waals surface area contributed by atoms with Crippen molar-refractivity contribution in [2.75, 3.05) is 39.3 Å². The Balaban J connectivity index is 1.38. The Labute approximate surface area is 160 Å². The van der Waals surface area contributed by atoms with Gasteiger partial charge in [-0.15, -0.1) is 0 Å². The number of hydrogen-bond donors (Lipinski definition) is 1. The molecular weight excluding hydrogens is 348 g/mol. The summed E-state index contributed by atoms with van der Waals surface area (Å²) < 4.78 is 5.75. The van der Waals surface area contributed by atoms with E-state index in [2.05, 4.69) is 40.1 Å². The quantitative estimate of drug-likeness (QED) is 0.807. The predicted molar refractivity (Wildman–Crippen MR) is 106 cm³/mol. The van der Waals surface area contributed by atoms with Crippen molar-refractivity contribution in [2.24, 2.45) is 0 Å². The normalized spacial score (nSPS) is 17.2. The van der Waals surface area contributed by atoms with Crippen LogP contribution in [-0.2, 0) is 6.54 Å². The molecule has 0 radical (unpaired) electrons. The molecule has 0 aliphatic carbocycles. The van der Waals surface area contributed by atoms with Crippen LogP contribution in [0.2, 0.25) is 5.02 Å². The molecule has 0 aromatic heterocycles. The summed E-state index contributed by atoms with van der Waals surface area (Å²) in [6, 6.07) is 16.1. The lowest BCUT2D eigenvalue weighted by molar-refractivity contribution is 0.0445. The highest BCUT2D eigenvalue weighted by Gasteiger charge is 2.19. The molecule has 2 aromatic carbocycles. The molecule has 1 heterocycles. The predicted octanol–water partition coefficient (Wildman–Crippen LogP) is 3.21. The highest BCUT2D eigenvalue weighted by atomic mass is 35.5. The van der Waals surface area contributed by atoms with Crippen molar-refractivity contribution in [3.8, 4) is 5.75 Å². The SMILES string of the molecule is Cc1cc(Cl)ccc1OC[C@H](O)CN1CCN(Cc2ccccc2)CC1. The van der Waals surface area contributed by atoms with Gasteiger partial charge < -0.3 is 9.84 Å². The Bertz CT molecular complexity index is 688. The first-order chi connectivity index (χ1) is 12.6. The van der Waals surface area contributed by atoms with Crippen LogP contribution >= 0.6 is 11.6 Å². The van der Waals surface area contributed by atoms with Gasteiger partial charge in [0, 0.05) is 44.3 Å². The molecular formula is C21H27ClN2O2. The van der Waals surface area contributed by atoms with Gasteiger partial charge in [0.1, 0.15) is 18.5 Å². The van der Waals surface area contributed by atoms with Crippen LogP contribution in [0.15, 0.2) is 48.5 Å². The molecule has 1 aliphatic heterocycles. The molecule has 0 saturated carbocycles. The molecule has 4 nitrogen and oxygen atoms in total. The van der Waals surface area contributed by atoms with E-state index < -0.39 is 6.10 Å². The second kappa shape index (κ2) is 9.38. The minimum absolute atomic E-state index is 0.298. The first kappa shape index (κ1) is 19.2. The zero-order valence-electron chi connectivity index (χ0n) is 15.3. The number of hydrogen-bond acceptors (Lipinski definition) is 4. The first-order valence-corrected chi connectivity index (χ1v) is 9.53. The zero-order valence-corrected chi connectivity index (χ0v) is 16.0. The summed E-state index contributed by atoms with van der Waals surface area (Å²) in [4.78, 5) is 4.77. The van der Waals surface area contributed by atoms with Crippen LogP contribution in [0.5, 0.6) is 5.75 Å². The molecule has 3 rings (SSSR count). The third-order valence-corrected chi connectivity index (χ3v) is 4.99. The van der Waals surface area contributed by atoms with Crippen molar-refractivity contribution in [1.29, 1.82) is 0 Å². The minimum atomic E-state index is -0.495. The van der Waals surface area contributed by atoms with Crippen molar-refractivity contribution in [3.63, 3.8) is 0 Å². The number of aliphatic hydroxyl groups is 1. The van der Waals surface area contributed by atoms with E-state index in [1.54, 1.807) is 0 Å². The number of halogens is 1. The van der Waals surface area contributed by atoms with E-state index in [4.69, 9.17) is 16.3 Å². The third-order valence-electron chi connectivity index (χ3n) is 4.75. The van der Waals surface area contributed by atoms with Crippen molar-refractivity contribution in [1.82, 2.24) is 9.80 Å². The Kier molecular flexibility index (Phi) is 6.92. The Morgan fingerprint density at radius 2 is 1.73 bits per heavy atom. The van der Waals surface area contributed by atoms with E-state index in [1.165, 1.54) is 5.56 Å². The van der Waals surface area contributed by atoms with Crippen LogP contribution in [0.25, 0.3) is 0 Å². The second-order valence-electron chi connectivity index (χ2n) is 6.94. The van der Waals surface area contributed by atoms with Gasteiger partial charge in [0.05, 0.1) is 0 Å². The number of piperazine rings is 1. The van der Waals surface area contributed by atoms with Gasteiger partial charge in [-0.2, -0.15) is 0 Å². The smallest absolute Gasteiger partial charge is 0.122 e. The zero-order chi connectivity index (χ0) is 18.4. The minimum Gasteiger partial charge on any atom is -0.491 e. The summed E-state index contributed by atoms with van der Waals surface area (Å²) in [5.41, 5.74) is 2.34. The average molecular weight is 375 g/mol. The fourth-order valence-corrected chi connectivity index (χ4v) is 3.51. The maximum absolute atomic E-state index is 10.3. The molecule has 140 valence electrons. The fourth-order valence-electron chi connectivity index (χ4n) is 3.28. The number of aryl methyl sites for hydroxylation is 1. The Hall–Kier alpha value is -1.59. The number of nitrogens with zero attached hydrogens (tertiary/aromatic N) is 2. The van der Waals surface area contributed by atoms with Crippen molar-refractivity contribution >= 4 is 11.6 Å². The topological polar surface area (TPSA) is 35.9 Å². The van der Waals surface area contributed by atoms with Gasteiger partial charge in [-0.25, -0.2) is 0 Å². The van der Waals surface area contributed by atoms with Crippen molar-refractivity contribution < 1.29 is 9.84 Å². The maximum Gasteiger partial charge on any atom is 0.122 e. The molecule has 26 heavy (non-hydrogen) atoms. The van der Waals surface area contributed by atoms with Crippen molar-refractivity contribution in [3.05, 3.63) is 64.7 Å². The van der Waals surface area contributed by atoms with Gasteiger partial charge in [-0.05, 0) is 36.2 Å². The molecule has 1 saturated heterocycles. The Morgan fingerprint density at radius 3 is 2.42 bits per heavy atom. The summed E-state index contributed by atoms with van der Waals surface area (Å²) in [5.74, 6) is 0.779. The van der Waals surface area contributed by atoms with Crippen LogP contribution in [0, 0.1) is 6.92 Å². The van der Waals surface area contributed by atoms with Crippen LogP contribution in [0.4, 0.5) is 0 Å². The highest BCUT2D eigenvalue weighted by molar-refractivity contribution is 6.30. The van der Waals surface area contributed by atoms with E-state index in [0.717, 1.165) is 44.0 Å². The standard InChI is InChI=1S/C21H27ClN2O2/c1-17-13-19(22)7-8-21(17)26-16-20(25)15-24-11-9-23(10-12-24)14-18-5-3-2-4-6-18/h2-8,13,20,25H,9-12,14-16H2,1H3/t20-/m1/s1. The molecule has 1 aliphatic rings. The van der Waals surface area contributed by atoms with E-state index >= 15 is 0 Å². The first-order valence-electron chi connectivity index (χ1n) is 9.16. The molecule has 0 bridgehead atoms. The van der Waals surface area contributed by atoms with Gasteiger partial charge in [-0.1, -0.05) is 41.9 Å².